The summed E-state index contributed by atoms with van der Waals surface area (Å²) in [4.78, 5) is 11.3. The van der Waals surface area contributed by atoms with Gasteiger partial charge in [-0.3, -0.25) is 4.79 Å². The number of halogens is 1. The van der Waals surface area contributed by atoms with E-state index < -0.39 is 5.82 Å². The van der Waals surface area contributed by atoms with E-state index in [9.17, 15) is 9.18 Å². The first-order valence-corrected chi connectivity index (χ1v) is 3.87. The minimum absolute atomic E-state index is 0.210. The molecule has 0 saturated heterocycles. The van der Waals surface area contributed by atoms with Crippen LogP contribution in [0.15, 0.2) is 33.5 Å². The average Bonchev–Trinajstić information content (AvgIpc) is 2.06. The molecule has 1 heterocycles. The highest BCUT2D eigenvalue weighted by Crippen LogP contribution is 2.12. The van der Waals surface area contributed by atoms with Gasteiger partial charge in [0.05, 0.1) is 5.39 Å². The maximum absolute atomic E-state index is 12.7. The Hall–Kier alpha value is -1.64. The van der Waals surface area contributed by atoms with Crippen LogP contribution in [0.25, 0.3) is 11.0 Å². The molecular formula is C10H7FO2. The molecule has 0 radical (unpaired) electrons. The molecule has 13 heavy (non-hydrogen) atoms. The summed E-state index contributed by atoms with van der Waals surface area (Å²) in [5, 5.41) is 0.283. The van der Waals surface area contributed by atoms with Crippen molar-refractivity contribution in [2.75, 3.05) is 0 Å². The maximum Gasteiger partial charge on any atom is 0.193 e. The Morgan fingerprint density at radius 1 is 1.31 bits per heavy atom. The molecule has 0 spiro atoms. The van der Waals surface area contributed by atoms with Crippen LogP contribution in [-0.4, -0.2) is 0 Å². The van der Waals surface area contributed by atoms with Gasteiger partial charge in [-0.05, 0) is 25.1 Å². The lowest BCUT2D eigenvalue weighted by Crippen LogP contribution is -2.00. The Morgan fingerprint density at radius 2 is 2.08 bits per heavy atom. The van der Waals surface area contributed by atoms with Gasteiger partial charge in [-0.15, -0.1) is 0 Å². The van der Waals surface area contributed by atoms with Gasteiger partial charge in [-0.25, -0.2) is 4.39 Å². The van der Waals surface area contributed by atoms with E-state index in [0.717, 1.165) is 0 Å². The Balaban J connectivity index is 2.95. The summed E-state index contributed by atoms with van der Waals surface area (Å²) < 4.78 is 18.0. The summed E-state index contributed by atoms with van der Waals surface area (Å²) in [5.41, 5.74) is 0.213. The van der Waals surface area contributed by atoms with Gasteiger partial charge in [-0.2, -0.15) is 0 Å². The van der Waals surface area contributed by atoms with Crippen molar-refractivity contribution in [1.29, 1.82) is 0 Å². The smallest absolute Gasteiger partial charge is 0.193 e. The van der Waals surface area contributed by atoms with Crippen LogP contribution in [0, 0.1) is 12.7 Å². The summed E-state index contributed by atoms with van der Waals surface area (Å²) in [6, 6.07) is 5.26. The number of benzene rings is 1. The van der Waals surface area contributed by atoms with Crippen LogP contribution in [-0.2, 0) is 0 Å². The molecule has 0 amide bonds. The summed E-state index contributed by atoms with van der Waals surface area (Å²) in [5.74, 6) is 0.104. The number of rotatable bonds is 0. The molecule has 0 unspecified atom stereocenters. The van der Waals surface area contributed by atoms with Gasteiger partial charge in [0.25, 0.3) is 0 Å². The third-order valence-corrected chi connectivity index (χ3v) is 1.81. The predicted molar refractivity (Wildman–Crippen MR) is 47.2 cm³/mol. The second kappa shape index (κ2) is 2.69. The fourth-order valence-electron chi connectivity index (χ4n) is 1.25. The molecule has 66 valence electrons. The van der Waals surface area contributed by atoms with Gasteiger partial charge in [0, 0.05) is 6.07 Å². The quantitative estimate of drug-likeness (QED) is 0.619. The van der Waals surface area contributed by atoms with E-state index in [4.69, 9.17) is 4.42 Å². The molecule has 0 N–H and O–H groups in total. The highest BCUT2D eigenvalue weighted by Gasteiger charge is 2.02. The van der Waals surface area contributed by atoms with Gasteiger partial charge >= 0.3 is 0 Å². The Bertz CT molecular complexity index is 514. The fraction of sp³-hybridized carbons (Fsp3) is 0.100. The monoisotopic (exact) mass is 178 g/mol. The first-order valence-electron chi connectivity index (χ1n) is 3.87. The number of aryl methyl sites for hydroxylation is 1. The molecule has 2 rings (SSSR count). The van der Waals surface area contributed by atoms with Crippen molar-refractivity contribution in [2.45, 2.75) is 6.92 Å². The summed E-state index contributed by atoms with van der Waals surface area (Å²) >= 11 is 0. The van der Waals surface area contributed by atoms with Crippen LogP contribution < -0.4 is 5.43 Å². The van der Waals surface area contributed by atoms with Gasteiger partial charge < -0.3 is 4.42 Å². The predicted octanol–water partition coefficient (Wildman–Crippen LogP) is 2.24. The molecule has 1 aromatic carbocycles. The van der Waals surface area contributed by atoms with Crippen LogP contribution in [0.2, 0.25) is 0 Å². The second-order valence-electron chi connectivity index (χ2n) is 2.86. The topological polar surface area (TPSA) is 30.2 Å². The van der Waals surface area contributed by atoms with Crippen LogP contribution in [0.5, 0.6) is 0 Å². The zero-order chi connectivity index (χ0) is 9.42. The largest absolute Gasteiger partial charge is 0.461 e. The molecule has 0 atom stereocenters. The maximum atomic E-state index is 12.7. The fourth-order valence-corrected chi connectivity index (χ4v) is 1.25. The van der Waals surface area contributed by atoms with E-state index in [-0.39, 0.29) is 10.8 Å². The molecule has 1 aromatic heterocycles. The number of hydrogen-bond acceptors (Lipinski definition) is 2. The van der Waals surface area contributed by atoms with Crippen molar-refractivity contribution in [3.63, 3.8) is 0 Å². The molecule has 2 aromatic rings. The van der Waals surface area contributed by atoms with E-state index in [0.29, 0.717) is 11.3 Å². The van der Waals surface area contributed by atoms with Crippen molar-refractivity contribution in [1.82, 2.24) is 0 Å². The van der Waals surface area contributed by atoms with Gasteiger partial charge in [0.2, 0.25) is 0 Å². The molecule has 3 heteroatoms. The standard InChI is InChI=1S/C10H7FO2/c1-6-4-9(12)8-5-7(11)2-3-10(8)13-6/h2-5H,1H3. The Kier molecular flexibility index (Phi) is 1.65. The third-order valence-electron chi connectivity index (χ3n) is 1.81. The molecule has 0 bridgehead atoms. The van der Waals surface area contributed by atoms with Crippen molar-refractivity contribution < 1.29 is 8.81 Å². The van der Waals surface area contributed by atoms with E-state index >= 15 is 0 Å². The van der Waals surface area contributed by atoms with Gasteiger partial charge in [0.15, 0.2) is 5.43 Å². The zero-order valence-electron chi connectivity index (χ0n) is 7.00. The SMILES string of the molecule is Cc1cc(=O)c2cc(F)ccc2o1. The molecule has 0 aliphatic heterocycles. The van der Waals surface area contributed by atoms with Crippen LogP contribution >= 0.6 is 0 Å². The van der Waals surface area contributed by atoms with Gasteiger partial charge in [-0.1, -0.05) is 0 Å². The molecular weight excluding hydrogens is 171 g/mol. The normalized spacial score (nSPS) is 10.6. The zero-order valence-corrected chi connectivity index (χ0v) is 7.00. The Labute approximate surface area is 73.6 Å². The van der Waals surface area contributed by atoms with Crippen LogP contribution in [0.4, 0.5) is 4.39 Å². The van der Waals surface area contributed by atoms with E-state index in [1.54, 1.807) is 6.92 Å². The molecule has 0 aliphatic carbocycles. The number of hydrogen-bond donors (Lipinski definition) is 0. The molecule has 2 nitrogen and oxygen atoms in total. The van der Waals surface area contributed by atoms with Crippen LogP contribution in [0.3, 0.4) is 0 Å². The lowest BCUT2D eigenvalue weighted by Gasteiger charge is -1.97. The highest BCUT2D eigenvalue weighted by atomic mass is 19.1. The molecule has 0 fully saturated rings. The summed E-state index contributed by atoms with van der Waals surface area (Å²) in [7, 11) is 0. The minimum Gasteiger partial charge on any atom is -0.461 e. The van der Waals surface area contributed by atoms with E-state index in [2.05, 4.69) is 0 Å². The average molecular weight is 178 g/mol. The minimum atomic E-state index is -0.427. The summed E-state index contributed by atoms with van der Waals surface area (Å²) in [6.07, 6.45) is 0. The van der Waals surface area contributed by atoms with E-state index in [1.807, 2.05) is 0 Å². The number of fused-ring (bicyclic) bond motifs is 1. The van der Waals surface area contributed by atoms with Crippen molar-refractivity contribution in [2.24, 2.45) is 0 Å². The lowest BCUT2D eigenvalue weighted by molar-refractivity contribution is 0.562. The first kappa shape index (κ1) is 7.98. The molecule has 0 saturated carbocycles. The summed E-state index contributed by atoms with van der Waals surface area (Å²) in [6.45, 7) is 1.68. The Morgan fingerprint density at radius 3 is 2.85 bits per heavy atom. The van der Waals surface area contributed by atoms with Crippen LogP contribution in [0.1, 0.15) is 5.76 Å². The van der Waals surface area contributed by atoms with Crippen molar-refractivity contribution >= 4 is 11.0 Å². The highest BCUT2D eigenvalue weighted by molar-refractivity contribution is 5.76. The lowest BCUT2D eigenvalue weighted by atomic mass is 10.2. The van der Waals surface area contributed by atoms with Crippen molar-refractivity contribution in [3.05, 3.63) is 46.1 Å². The van der Waals surface area contributed by atoms with Gasteiger partial charge in [0.1, 0.15) is 17.2 Å². The first-order chi connectivity index (χ1) is 6.16. The second-order valence-corrected chi connectivity index (χ2v) is 2.86. The van der Waals surface area contributed by atoms with Crippen molar-refractivity contribution in [3.8, 4) is 0 Å². The van der Waals surface area contributed by atoms with E-state index in [1.165, 1.54) is 24.3 Å². The third kappa shape index (κ3) is 1.33. The molecule has 0 aliphatic rings.